The van der Waals surface area contributed by atoms with Crippen molar-refractivity contribution in [2.45, 2.75) is 155 Å². The molecule has 0 unspecified atom stereocenters. The number of carboxylic acid groups (broad SMARTS) is 1. The number of carboxylic acids is 1. The number of unbranched alkanes of at least 4 members (excludes halogenated alkanes) is 18. The van der Waals surface area contributed by atoms with Crippen LogP contribution in [-0.4, -0.2) is 17.0 Å². The highest BCUT2D eigenvalue weighted by Crippen LogP contribution is 2.27. The second kappa shape index (κ2) is 24.0. The predicted molar refractivity (Wildman–Crippen MR) is 160 cm³/mol. The Morgan fingerprint density at radius 3 is 1.55 bits per heavy atom. The molecular weight excluding hydrogens is 472 g/mol. The number of benzene rings is 1. The molecule has 0 spiro atoms. The molecule has 38 heavy (non-hydrogen) atoms. The molecular formula is C34H56O4. The van der Waals surface area contributed by atoms with Gasteiger partial charge in [-0.2, -0.15) is 0 Å². The molecule has 1 rings (SSSR count). The highest BCUT2D eigenvalue weighted by atomic mass is 16.5. The molecule has 4 nitrogen and oxygen atoms in total. The van der Waals surface area contributed by atoms with Crippen molar-refractivity contribution in [2.75, 3.05) is 0 Å². The quantitative estimate of drug-likeness (QED) is 0.0593. The Bertz CT molecular complexity index is 768. The van der Waals surface area contributed by atoms with Gasteiger partial charge in [0.15, 0.2) is 0 Å². The van der Waals surface area contributed by atoms with E-state index in [0.29, 0.717) is 5.75 Å². The summed E-state index contributed by atoms with van der Waals surface area (Å²) in [7, 11) is 0. The number of carbonyl (C=O) groups is 2. The maximum atomic E-state index is 12.2. The van der Waals surface area contributed by atoms with E-state index in [1.165, 1.54) is 121 Å². The molecule has 0 aliphatic carbocycles. The molecule has 216 valence electrons. The fourth-order valence-electron chi connectivity index (χ4n) is 5.10. The van der Waals surface area contributed by atoms with E-state index < -0.39 is 11.9 Å². The minimum absolute atomic E-state index is 0.588. The van der Waals surface area contributed by atoms with Gasteiger partial charge in [-0.25, -0.2) is 9.59 Å². The van der Waals surface area contributed by atoms with Crippen LogP contribution in [0.1, 0.15) is 153 Å². The predicted octanol–water partition coefficient (Wildman–Crippen LogP) is 10.2. The average Bonchev–Trinajstić information content (AvgIpc) is 2.90. The van der Waals surface area contributed by atoms with Crippen LogP contribution in [0.2, 0.25) is 0 Å². The molecule has 1 N–H and O–H groups in total. The summed E-state index contributed by atoms with van der Waals surface area (Å²) in [5, 5.41) is 8.81. The lowest BCUT2D eigenvalue weighted by atomic mass is 9.95. The second-order valence-corrected chi connectivity index (χ2v) is 10.9. The van der Waals surface area contributed by atoms with Crippen LogP contribution >= 0.6 is 0 Å². The van der Waals surface area contributed by atoms with Gasteiger partial charge in [0, 0.05) is 12.2 Å². The first-order valence-corrected chi connectivity index (χ1v) is 15.8. The van der Waals surface area contributed by atoms with Crippen LogP contribution < -0.4 is 4.74 Å². The number of esters is 1. The molecule has 0 aliphatic rings. The number of ether oxygens (including phenoxy) is 1. The van der Waals surface area contributed by atoms with Gasteiger partial charge in [-0.05, 0) is 42.9 Å². The van der Waals surface area contributed by atoms with E-state index in [2.05, 4.69) is 19.9 Å². The zero-order valence-corrected chi connectivity index (χ0v) is 24.6. The van der Waals surface area contributed by atoms with Gasteiger partial charge in [-0.3, -0.25) is 0 Å². The lowest BCUT2D eigenvalue weighted by Crippen LogP contribution is -2.08. The van der Waals surface area contributed by atoms with Gasteiger partial charge >= 0.3 is 11.9 Å². The molecule has 1 aromatic rings. The van der Waals surface area contributed by atoms with Crippen LogP contribution in [0.15, 0.2) is 30.4 Å². The molecule has 0 radical (unpaired) electrons. The van der Waals surface area contributed by atoms with Crippen molar-refractivity contribution in [3.05, 3.63) is 41.5 Å². The zero-order valence-electron chi connectivity index (χ0n) is 24.6. The minimum atomic E-state index is -1.15. The van der Waals surface area contributed by atoms with E-state index in [9.17, 15) is 9.59 Å². The van der Waals surface area contributed by atoms with Gasteiger partial charge in [-0.15, -0.1) is 0 Å². The second-order valence-electron chi connectivity index (χ2n) is 10.9. The van der Waals surface area contributed by atoms with Crippen molar-refractivity contribution in [3.8, 4) is 5.75 Å². The molecule has 0 amide bonds. The molecule has 0 fully saturated rings. The van der Waals surface area contributed by atoms with Gasteiger partial charge in [0.1, 0.15) is 5.75 Å². The van der Waals surface area contributed by atoms with Gasteiger partial charge in [-0.1, -0.05) is 142 Å². The maximum Gasteiger partial charge on any atom is 0.336 e. The van der Waals surface area contributed by atoms with Gasteiger partial charge in [0.25, 0.3) is 0 Å². The van der Waals surface area contributed by atoms with Crippen LogP contribution in [0.25, 0.3) is 0 Å². The third-order valence-electron chi connectivity index (χ3n) is 7.38. The van der Waals surface area contributed by atoms with Crippen molar-refractivity contribution in [1.82, 2.24) is 0 Å². The largest absolute Gasteiger partial charge is 0.478 e. The van der Waals surface area contributed by atoms with Crippen molar-refractivity contribution in [2.24, 2.45) is 0 Å². The molecule has 4 heteroatoms. The Labute approximate surface area is 233 Å². The number of rotatable bonds is 25. The number of carbonyl (C=O) groups excluding carboxylic acids is 1. The first-order chi connectivity index (χ1) is 18.6. The summed E-state index contributed by atoms with van der Waals surface area (Å²) in [6.45, 7) is 4.52. The van der Waals surface area contributed by atoms with E-state index in [0.717, 1.165) is 43.4 Å². The highest BCUT2D eigenvalue weighted by molar-refractivity contribution is 5.91. The Hall–Kier alpha value is -2.10. The smallest absolute Gasteiger partial charge is 0.336 e. The average molecular weight is 529 g/mol. The van der Waals surface area contributed by atoms with Crippen LogP contribution in [0.4, 0.5) is 0 Å². The number of aliphatic carboxylic acids is 1. The van der Waals surface area contributed by atoms with E-state index >= 15 is 0 Å². The molecule has 0 aliphatic heterocycles. The third kappa shape index (κ3) is 18.2. The molecule has 0 bridgehead atoms. The standard InChI is InChI=1S/C34H56O4/c1-3-5-7-9-11-13-15-17-19-21-24-30-25-23-27-32(38-34(37)29-28-33(35)36)31(30)26-22-20-18-16-14-12-10-8-6-4-2/h23,25,27-29H,3-22,24,26H2,1-2H3,(H,35,36). The topological polar surface area (TPSA) is 63.6 Å². The molecule has 0 saturated carbocycles. The van der Waals surface area contributed by atoms with Gasteiger partial charge in [0.05, 0.1) is 0 Å². The Morgan fingerprint density at radius 2 is 1.08 bits per heavy atom. The van der Waals surface area contributed by atoms with Crippen LogP contribution in [0, 0.1) is 0 Å². The van der Waals surface area contributed by atoms with Crippen molar-refractivity contribution >= 4 is 11.9 Å². The van der Waals surface area contributed by atoms with E-state index in [-0.39, 0.29) is 0 Å². The van der Waals surface area contributed by atoms with Gasteiger partial charge < -0.3 is 9.84 Å². The summed E-state index contributed by atoms with van der Waals surface area (Å²) in [6.07, 6.45) is 29.8. The van der Waals surface area contributed by atoms with Crippen molar-refractivity contribution < 1.29 is 19.4 Å². The summed E-state index contributed by atoms with van der Waals surface area (Å²) in [5.74, 6) is -1.19. The highest BCUT2D eigenvalue weighted by Gasteiger charge is 2.12. The van der Waals surface area contributed by atoms with Crippen molar-refractivity contribution in [3.63, 3.8) is 0 Å². The monoisotopic (exact) mass is 528 g/mol. The molecule has 0 saturated heterocycles. The summed E-state index contributed by atoms with van der Waals surface area (Å²) >= 11 is 0. The summed E-state index contributed by atoms with van der Waals surface area (Å²) in [6, 6.07) is 5.97. The number of hydrogen-bond donors (Lipinski definition) is 1. The third-order valence-corrected chi connectivity index (χ3v) is 7.38. The summed E-state index contributed by atoms with van der Waals surface area (Å²) < 4.78 is 5.59. The lowest BCUT2D eigenvalue weighted by molar-refractivity contribution is -0.133. The van der Waals surface area contributed by atoms with E-state index in [4.69, 9.17) is 9.84 Å². The Balaban J connectivity index is 2.53. The summed E-state index contributed by atoms with van der Waals surface area (Å²) in [5.41, 5.74) is 2.40. The SMILES string of the molecule is CCCCCCCCCCCCc1cccc(OC(=O)C=CC(=O)O)c1CCCCCCCCCCCC. The molecule has 0 heterocycles. The maximum absolute atomic E-state index is 12.2. The fraction of sp³-hybridized carbons (Fsp3) is 0.706. The zero-order chi connectivity index (χ0) is 27.7. The van der Waals surface area contributed by atoms with E-state index in [1.807, 2.05) is 12.1 Å². The lowest BCUT2D eigenvalue weighted by Gasteiger charge is -2.15. The fourth-order valence-corrected chi connectivity index (χ4v) is 5.10. The minimum Gasteiger partial charge on any atom is -0.478 e. The number of hydrogen-bond acceptors (Lipinski definition) is 3. The molecule has 0 aromatic heterocycles. The molecule has 0 atom stereocenters. The van der Waals surface area contributed by atoms with E-state index in [1.54, 1.807) is 0 Å². The van der Waals surface area contributed by atoms with Gasteiger partial charge in [0.2, 0.25) is 0 Å². The van der Waals surface area contributed by atoms with Crippen LogP contribution in [0.5, 0.6) is 5.75 Å². The number of aryl methyl sites for hydroxylation is 1. The van der Waals surface area contributed by atoms with Crippen LogP contribution in [-0.2, 0) is 22.4 Å². The Kier molecular flexibility index (Phi) is 21.4. The van der Waals surface area contributed by atoms with Crippen LogP contribution in [0.3, 0.4) is 0 Å². The summed E-state index contributed by atoms with van der Waals surface area (Å²) in [4.78, 5) is 23.0. The Morgan fingerprint density at radius 1 is 0.632 bits per heavy atom. The normalized spacial score (nSPS) is 11.3. The van der Waals surface area contributed by atoms with Crippen molar-refractivity contribution in [1.29, 1.82) is 0 Å². The first kappa shape index (κ1) is 33.9. The first-order valence-electron chi connectivity index (χ1n) is 15.8. The molecule has 1 aromatic carbocycles.